The van der Waals surface area contributed by atoms with Crippen LogP contribution in [0.4, 0.5) is 5.82 Å². The normalized spacial score (nSPS) is 19.8. The van der Waals surface area contributed by atoms with E-state index in [2.05, 4.69) is 15.3 Å². The second-order valence-corrected chi connectivity index (χ2v) is 9.75. The number of carbonyl (C=O) groups is 2. The van der Waals surface area contributed by atoms with Gasteiger partial charge in [-0.05, 0) is 49.3 Å². The standard InChI is InChI=1S/C20H22ClN3O5S/c1-30(27,28)18-5-3-14(10-17(18)21)16(9-13-2-4-15(8-13)29-12-25)20(26)24-19-11-22-6-7-23-19/h3,5-7,10-13,15-16H,2,4,8-9H2,1H3,(H,23,24,26). The molecule has 160 valence electrons. The van der Waals surface area contributed by atoms with Crippen LogP contribution in [-0.4, -0.2) is 43.1 Å². The van der Waals surface area contributed by atoms with E-state index in [1.807, 2.05) is 0 Å². The molecular weight excluding hydrogens is 430 g/mol. The first-order chi connectivity index (χ1) is 14.3. The van der Waals surface area contributed by atoms with Crippen molar-refractivity contribution in [2.75, 3.05) is 11.6 Å². The quantitative estimate of drug-likeness (QED) is 0.613. The molecule has 1 amide bonds. The van der Waals surface area contributed by atoms with Gasteiger partial charge in [-0.15, -0.1) is 0 Å². The fourth-order valence-corrected chi connectivity index (χ4v) is 5.12. The van der Waals surface area contributed by atoms with Crippen LogP contribution in [-0.2, 0) is 24.2 Å². The van der Waals surface area contributed by atoms with Gasteiger partial charge in [-0.3, -0.25) is 14.6 Å². The largest absolute Gasteiger partial charge is 0.465 e. The van der Waals surface area contributed by atoms with E-state index in [1.165, 1.54) is 30.7 Å². The monoisotopic (exact) mass is 451 g/mol. The molecule has 10 heteroatoms. The number of hydrogen-bond donors (Lipinski definition) is 1. The molecule has 0 radical (unpaired) electrons. The average Bonchev–Trinajstić information content (AvgIpc) is 3.13. The van der Waals surface area contributed by atoms with Gasteiger partial charge in [0.1, 0.15) is 6.10 Å². The van der Waals surface area contributed by atoms with Crippen molar-refractivity contribution in [2.45, 2.75) is 42.6 Å². The second-order valence-electron chi connectivity index (χ2n) is 7.36. The van der Waals surface area contributed by atoms with Crippen LogP contribution >= 0.6 is 11.6 Å². The van der Waals surface area contributed by atoms with Crippen LogP contribution < -0.4 is 5.32 Å². The van der Waals surface area contributed by atoms with Crippen molar-refractivity contribution in [3.8, 4) is 0 Å². The summed E-state index contributed by atoms with van der Waals surface area (Å²) >= 11 is 6.21. The number of hydrogen-bond acceptors (Lipinski definition) is 7. The molecule has 8 nitrogen and oxygen atoms in total. The summed E-state index contributed by atoms with van der Waals surface area (Å²) in [6.45, 7) is 0.453. The minimum Gasteiger partial charge on any atom is -0.465 e. The number of sulfone groups is 1. The molecule has 3 atom stereocenters. The van der Waals surface area contributed by atoms with E-state index in [-0.39, 0.29) is 27.8 Å². The predicted octanol–water partition coefficient (Wildman–Crippen LogP) is 2.99. The number of carbonyl (C=O) groups excluding carboxylic acids is 2. The van der Waals surface area contributed by atoms with E-state index in [0.29, 0.717) is 30.7 Å². The fraction of sp³-hybridized carbons (Fsp3) is 0.400. The summed E-state index contributed by atoms with van der Waals surface area (Å²) in [6.07, 6.45) is 8.09. The van der Waals surface area contributed by atoms with Crippen molar-refractivity contribution in [2.24, 2.45) is 5.92 Å². The second kappa shape index (κ2) is 9.53. The molecule has 1 saturated carbocycles. The highest BCUT2D eigenvalue weighted by atomic mass is 35.5. The molecule has 1 fully saturated rings. The minimum atomic E-state index is -3.48. The van der Waals surface area contributed by atoms with E-state index >= 15 is 0 Å². The molecule has 0 bridgehead atoms. The first-order valence-corrected chi connectivity index (χ1v) is 11.7. The topological polar surface area (TPSA) is 115 Å². The first-order valence-electron chi connectivity index (χ1n) is 9.43. The van der Waals surface area contributed by atoms with Crippen LogP contribution in [0.5, 0.6) is 0 Å². The summed E-state index contributed by atoms with van der Waals surface area (Å²) in [5, 5.41) is 2.82. The molecule has 1 aliphatic carbocycles. The van der Waals surface area contributed by atoms with Crippen molar-refractivity contribution in [1.82, 2.24) is 9.97 Å². The number of nitrogens with one attached hydrogen (secondary N) is 1. The number of benzene rings is 1. The van der Waals surface area contributed by atoms with Crippen LogP contribution in [0.3, 0.4) is 0 Å². The van der Waals surface area contributed by atoms with Crippen LogP contribution in [0.25, 0.3) is 0 Å². The lowest BCUT2D eigenvalue weighted by Gasteiger charge is -2.21. The molecule has 30 heavy (non-hydrogen) atoms. The molecule has 1 aliphatic rings. The van der Waals surface area contributed by atoms with E-state index < -0.39 is 15.8 Å². The van der Waals surface area contributed by atoms with E-state index in [1.54, 1.807) is 6.07 Å². The van der Waals surface area contributed by atoms with E-state index in [0.717, 1.165) is 19.1 Å². The Morgan fingerprint density at radius 3 is 2.80 bits per heavy atom. The number of ether oxygens (including phenoxy) is 1. The van der Waals surface area contributed by atoms with Crippen LogP contribution in [0.2, 0.25) is 5.02 Å². The van der Waals surface area contributed by atoms with Crippen LogP contribution in [0, 0.1) is 5.92 Å². The molecular formula is C20H22ClN3O5S. The third kappa shape index (κ3) is 5.54. The molecule has 3 unspecified atom stereocenters. The molecule has 0 spiro atoms. The molecule has 2 aromatic rings. The van der Waals surface area contributed by atoms with Gasteiger partial charge < -0.3 is 10.1 Å². The van der Waals surface area contributed by atoms with Crippen molar-refractivity contribution < 1.29 is 22.7 Å². The number of halogens is 1. The SMILES string of the molecule is CS(=O)(=O)c1ccc(C(CC2CCC(OC=O)C2)C(=O)Nc2cnccn2)cc1Cl. The number of aromatic nitrogens is 2. The maximum atomic E-state index is 13.1. The zero-order valence-corrected chi connectivity index (χ0v) is 17.9. The zero-order chi connectivity index (χ0) is 21.7. The lowest BCUT2D eigenvalue weighted by molar-refractivity contribution is -0.133. The molecule has 3 rings (SSSR count). The Bertz CT molecular complexity index is 1020. The predicted molar refractivity (Wildman–Crippen MR) is 111 cm³/mol. The van der Waals surface area contributed by atoms with Gasteiger partial charge >= 0.3 is 0 Å². The van der Waals surface area contributed by atoms with Gasteiger partial charge in [0.15, 0.2) is 15.7 Å². The van der Waals surface area contributed by atoms with Gasteiger partial charge in [0.05, 0.1) is 22.0 Å². The Labute approximate surface area is 179 Å². The van der Waals surface area contributed by atoms with Crippen molar-refractivity contribution >= 4 is 39.6 Å². The maximum absolute atomic E-state index is 13.1. The van der Waals surface area contributed by atoms with Gasteiger partial charge in [0.25, 0.3) is 6.47 Å². The van der Waals surface area contributed by atoms with Gasteiger partial charge in [-0.2, -0.15) is 0 Å². The number of amides is 1. The third-order valence-corrected chi connectivity index (χ3v) is 6.78. The lowest BCUT2D eigenvalue weighted by atomic mass is 9.87. The Balaban J connectivity index is 1.86. The summed E-state index contributed by atoms with van der Waals surface area (Å²) < 4.78 is 28.8. The molecule has 0 saturated heterocycles. The molecule has 1 heterocycles. The fourth-order valence-electron chi connectivity index (χ4n) is 3.78. The highest BCUT2D eigenvalue weighted by Gasteiger charge is 2.32. The number of anilines is 1. The van der Waals surface area contributed by atoms with Gasteiger partial charge in [-0.1, -0.05) is 17.7 Å². The van der Waals surface area contributed by atoms with Crippen molar-refractivity contribution in [3.05, 3.63) is 47.4 Å². The Hall–Kier alpha value is -2.52. The number of nitrogens with zero attached hydrogens (tertiary/aromatic N) is 2. The molecule has 1 aromatic heterocycles. The third-order valence-electron chi connectivity index (χ3n) is 5.20. The highest BCUT2D eigenvalue weighted by molar-refractivity contribution is 7.90. The molecule has 0 aliphatic heterocycles. The van der Waals surface area contributed by atoms with Crippen LogP contribution in [0.15, 0.2) is 41.7 Å². The van der Waals surface area contributed by atoms with Crippen molar-refractivity contribution in [1.29, 1.82) is 0 Å². The maximum Gasteiger partial charge on any atom is 0.293 e. The Morgan fingerprint density at radius 1 is 1.37 bits per heavy atom. The minimum absolute atomic E-state index is 0.0151. The van der Waals surface area contributed by atoms with Gasteiger partial charge in [0.2, 0.25) is 5.91 Å². The summed E-state index contributed by atoms with van der Waals surface area (Å²) in [5.74, 6) is -0.391. The summed E-state index contributed by atoms with van der Waals surface area (Å²) in [6, 6.07) is 4.55. The summed E-state index contributed by atoms with van der Waals surface area (Å²) in [4.78, 5) is 31.7. The molecule has 1 aromatic carbocycles. The lowest BCUT2D eigenvalue weighted by Crippen LogP contribution is -2.24. The Kier molecular flexibility index (Phi) is 7.04. The molecule has 1 N–H and O–H groups in total. The van der Waals surface area contributed by atoms with Gasteiger partial charge in [-0.25, -0.2) is 13.4 Å². The smallest absolute Gasteiger partial charge is 0.293 e. The van der Waals surface area contributed by atoms with E-state index in [4.69, 9.17) is 16.3 Å². The number of rotatable bonds is 8. The summed E-state index contributed by atoms with van der Waals surface area (Å²) in [5.41, 5.74) is 0.605. The van der Waals surface area contributed by atoms with E-state index in [9.17, 15) is 18.0 Å². The Morgan fingerprint density at radius 2 is 2.17 bits per heavy atom. The van der Waals surface area contributed by atoms with Gasteiger partial charge in [0, 0.05) is 18.6 Å². The first kappa shape index (κ1) is 22.2. The summed E-state index contributed by atoms with van der Waals surface area (Å²) in [7, 11) is -3.48. The average molecular weight is 452 g/mol. The highest BCUT2D eigenvalue weighted by Crippen LogP contribution is 2.37. The van der Waals surface area contributed by atoms with Crippen LogP contribution in [0.1, 0.15) is 37.2 Å². The zero-order valence-electron chi connectivity index (χ0n) is 16.3. The van der Waals surface area contributed by atoms with Crippen molar-refractivity contribution in [3.63, 3.8) is 0 Å².